The van der Waals surface area contributed by atoms with E-state index in [1.54, 1.807) is 0 Å². The molecule has 22 heavy (non-hydrogen) atoms. The maximum atomic E-state index is 6.10. The first kappa shape index (κ1) is 15.2. The zero-order valence-corrected chi connectivity index (χ0v) is 13.9. The van der Waals surface area contributed by atoms with Crippen LogP contribution in [0.25, 0.3) is 0 Å². The van der Waals surface area contributed by atoms with Gasteiger partial charge in [-0.15, -0.1) is 0 Å². The second-order valence-corrected chi connectivity index (χ2v) is 6.96. The van der Waals surface area contributed by atoms with Crippen LogP contribution in [0.2, 0.25) is 0 Å². The third-order valence-electron chi connectivity index (χ3n) is 4.24. The molecule has 120 valence electrons. The standard InChI is InChI=1S/C18H27N3O/c1-4-19-17(20-12-13-9-10-13)21-15-11-18(2,3)22-16-8-6-5-7-14(15)16/h5-8,13,15H,4,9-12H2,1-3H3,(H2,19,20,21). The third kappa shape index (κ3) is 3.73. The first-order valence-electron chi connectivity index (χ1n) is 8.40. The maximum Gasteiger partial charge on any atom is 0.191 e. The van der Waals surface area contributed by atoms with Crippen LogP contribution in [0, 0.1) is 5.92 Å². The summed E-state index contributed by atoms with van der Waals surface area (Å²) in [4.78, 5) is 4.74. The highest BCUT2D eigenvalue weighted by Gasteiger charge is 2.34. The molecular formula is C18H27N3O. The number of fused-ring (bicyclic) bond motifs is 1. The fourth-order valence-electron chi connectivity index (χ4n) is 2.94. The van der Waals surface area contributed by atoms with Gasteiger partial charge in [-0.1, -0.05) is 18.2 Å². The topological polar surface area (TPSA) is 45.7 Å². The van der Waals surface area contributed by atoms with Crippen LogP contribution in [-0.2, 0) is 0 Å². The summed E-state index contributed by atoms with van der Waals surface area (Å²) in [6.45, 7) is 8.21. The molecule has 0 amide bonds. The van der Waals surface area contributed by atoms with Crippen molar-refractivity contribution in [2.45, 2.75) is 51.7 Å². The molecular weight excluding hydrogens is 274 g/mol. The summed E-state index contributed by atoms with van der Waals surface area (Å²) in [6.07, 6.45) is 3.59. The second kappa shape index (κ2) is 6.19. The summed E-state index contributed by atoms with van der Waals surface area (Å²) < 4.78 is 6.10. The molecule has 1 unspecified atom stereocenters. The average Bonchev–Trinajstić information content (AvgIpc) is 3.28. The van der Waals surface area contributed by atoms with Crippen LogP contribution in [-0.4, -0.2) is 24.7 Å². The third-order valence-corrected chi connectivity index (χ3v) is 4.24. The summed E-state index contributed by atoms with van der Waals surface area (Å²) in [7, 11) is 0. The fraction of sp³-hybridized carbons (Fsp3) is 0.611. The summed E-state index contributed by atoms with van der Waals surface area (Å²) in [5, 5.41) is 6.98. The molecule has 0 bridgehead atoms. The van der Waals surface area contributed by atoms with Crippen LogP contribution in [0.4, 0.5) is 0 Å². The van der Waals surface area contributed by atoms with Crippen LogP contribution in [0.5, 0.6) is 5.75 Å². The van der Waals surface area contributed by atoms with E-state index >= 15 is 0 Å². The summed E-state index contributed by atoms with van der Waals surface area (Å²) in [5.74, 6) is 2.70. The first-order valence-corrected chi connectivity index (χ1v) is 8.40. The number of para-hydroxylation sites is 1. The molecule has 2 N–H and O–H groups in total. The van der Waals surface area contributed by atoms with Crippen LogP contribution in [0.3, 0.4) is 0 Å². The number of hydrogen-bond donors (Lipinski definition) is 2. The van der Waals surface area contributed by atoms with Crippen LogP contribution in [0.1, 0.15) is 51.6 Å². The highest BCUT2D eigenvalue weighted by atomic mass is 16.5. The van der Waals surface area contributed by atoms with Crippen LogP contribution in [0.15, 0.2) is 29.3 Å². The Morgan fingerprint density at radius 1 is 1.32 bits per heavy atom. The highest BCUT2D eigenvalue weighted by molar-refractivity contribution is 5.80. The van der Waals surface area contributed by atoms with Crippen molar-refractivity contribution < 1.29 is 4.74 Å². The van der Waals surface area contributed by atoms with Crippen molar-refractivity contribution in [1.29, 1.82) is 0 Å². The Bertz CT molecular complexity index is 549. The van der Waals surface area contributed by atoms with Crippen molar-refractivity contribution in [1.82, 2.24) is 10.6 Å². The SMILES string of the molecule is CCNC(=NCC1CC1)NC1CC(C)(C)Oc2ccccc21. The van der Waals surface area contributed by atoms with Crippen molar-refractivity contribution in [2.24, 2.45) is 10.9 Å². The molecule has 1 heterocycles. The molecule has 0 saturated heterocycles. The van der Waals surface area contributed by atoms with E-state index in [1.807, 2.05) is 6.07 Å². The molecule has 3 rings (SSSR count). The minimum Gasteiger partial charge on any atom is -0.487 e. The number of nitrogens with one attached hydrogen (secondary N) is 2. The van der Waals surface area contributed by atoms with E-state index in [9.17, 15) is 0 Å². The summed E-state index contributed by atoms with van der Waals surface area (Å²) in [5.41, 5.74) is 1.05. The van der Waals surface area contributed by atoms with Gasteiger partial charge in [0.2, 0.25) is 0 Å². The van der Waals surface area contributed by atoms with Gasteiger partial charge >= 0.3 is 0 Å². The molecule has 2 aliphatic rings. The smallest absolute Gasteiger partial charge is 0.191 e. The van der Waals surface area contributed by atoms with Gasteiger partial charge in [-0.2, -0.15) is 0 Å². The second-order valence-electron chi connectivity index (χ2n) is 6.96. The lowest BCUT2D eigenvalue weighted by Crippen LogP contribution is -2.45. The summed E-state index contributed by atoms with van der Waals surface area (Å²) in [6, 6.07) is 8.54. The molecule has 4 heteroatoms. The minimum atomic E-state index is -0.167. The van der Waals surface area contributed by atoms with E-state index in [2.05, 4.69) is 49.6 Å². The predicted octanol–water partition coefficient (Wildman–Crippen LogP) is 3.25. The predicted molar refractivity (Wildman–Crippen MR) is 90.3 cm³/mol. The molecule has 1 aromatic rings. The van der Waals surface area contributed by atoms with Gasteiger partial charge in [0.25, 0.3) is 0 Å². The van der Waals surface area contributed by atoms with Crippen LogP contribution >= 0.6 is 0 Å². The normalized spacial score (nSPS) is 23.4. The van der Waals surface area contributed by atoms with E-state index in [0.29, 0.717) is 0 Å². The first-order chi connectivity index (χ1) is 10.6. The molecule has 0 radical (unpaired) electrons. The molecule has 4 nitrogen and oxygen atoms in total. The number of guanidine groups is 1. The quantitative estimate of drug-likeness (QED) is 0.663. The van der Waals surface area contributed by atoms with Gasteiger partial charge in [-0.05, 0) is 45.6 Å². The number of ether oxygens (including phenoxy) is 1. The van der Waals surface area contributed by atoms with Crippen LogP contribution < -0.4 is 15.4 Å². The molecule has 1 aliphatic heterocycles. The van der Waals surface area contributed by atoms with Gasteiger partial charge in [0.1, 0.15) is 11.4 Å². The molecule has 1 aromatic carbocycles. The number of nitrogens with zero attached hydrogens (tertiary/aromatic N) is 1. The Labute approximate surface area is 133 Å². The van der Waals surface area contributed by atoms with Crippen molar-refractivity contribution in [3.8, 4) is 5.75 Å². The van der Waals surface area contributed by atoms with E-state index in [4.69, 9.17) is 9.73 Å². The molecule has 1 atom stereocenters. The Balaban J connectivity index is 1.78. The van der Waals surface area contributed by atoms with Gasteiger partial charge in [-0.25, -0.2) is 0 Å². The maximum absolute atomic E-state index is 6.10. The fourth-order valence-corrected chi connectivity index (χ4v) is 2.94. The van der Waals surface area contributed by atoms with E-state index in [-0.39, 0.29) is 11.6 Å². The molecule has 1 aliphatic carbocycles. The minimum absolute atomic E-state index is 0.167. The number of aliphatic imine (C=N–C) groups is 1. The van der Waals surface area contributed by atoms with Crippen molar-refractivity contribution in [3.63, 3.8) is 0 Å². The Hall–Kier alpha value is -1.71. The van der Waals surface area contributed by atoms with Gasteiger partial charge in [0.05, 0.1) is 6.04 Å². The lowest BCUT2D eigenvalue weighted by molar-refractivity contribution is 0.0694. The van der Waals surface area contributed by atoms with E-state index in [0.717, 1.165) is 37.1 Å². The van der Waals surface area contributed by atoms with E-state index in [1.165, 1.54) is 18.4 Å². The zero-order chi connectivity index (χ0) is 15.6. The van der Waals surface area contributed by atoms with Crippen molar-refractivity contribution in [2.75, 3.05) is 13.1 Å². The van der Waals surface area contributed by atoms with Crippen molar-refractivity contribution >= 4 is 5.96 Å². The lowest BCUT2D eigenvalue weighted by Gasteiger charge is -2.38. The molecule has 0 aromatic heterocycles. The monoisotopic (exact) mass is 301 g/mol. The zero-order valence-electron chi connectivity index (χ0n) is 13.9. The number of benzene rings is 1. The number of hydrogen-bond acceptors (Lipinski definition) is 2. The van der Waals surface area contributed by atoms with Crippen molar-refractivity contribution in [3.05, 3.63) is 29.8 Å². The van der Waals surface area contributed by atoms with Gasteiger partial charge in [-0.3, -0.25) is 4.99 Å². The van der Waals surface area contributed by atoms with Gasteiger partial charge in [0, 0.05) is 25.1 Å². The average molecular weight is 301 g/mol. The number of rotatable bonds is 4. The van der Waals surface area contributed by atoms with Gasteiger partial charge in [0.15, 0.2) is 5.96 Å². The Morgan fingerprint density at radius 3 is 2.82 bits per heavy atom. The Morgan fingerprint density at radius 2 is 2.09 bits per heavy atom. The molecule has 1 saturated carbocycles. The molecule has 0 spiro atoms. The Kier molecular flexibility index (Phi) is 4.27. The van der Waals surface area contributed by atoms with E-state index < -0.39 is 0 Å². The van der Waals surface area contributed by atoms with Gasteiger partial charge < -0.3 is 15.4 Å². The molecule has 1 fully saturated rings. The lowest BCUT2D eigenvalue weighted by atomic mass is 9.90. The highest BCUT2D eigenvalue weighted by Crippen LogP contribution is 2.39. The summed E-state index contributed by atoms with van der Waals surface area (Å²) >= 11 is 0. The largest absolute Gasteiger partial charge is 0.487 e.